The third-order valence-corrected chi connectivity index (χ3v) is 5.52. The minimum Gasteiger partial charge on any atom is -0.478 e. The Morgan fingerprint density at radius 3 is 2.32 bits per heavy atom. The monoisotopic (exact) mass is 333 g/mol. The van der Waals surface area contributed by atoms with Gasteiger partial charge in [0.2, 0.25) is 0 Å². The standard InChI is InChI=1S/C22H23NO2/c1-23-12-10-17(11-13-23)21-19-5-3-2-4-15(19)6-7-16-8-9-18(22(24)25)14-20(16)21/h2-5,8-9,14H,6-7,10-13H2,1H3,(H,24,25). The van der Waals surface area contributed by atoms with Crippen molar-refractivity contribution in [2.75, 3.05) is 20.1 Å². The van der Waals surface area contributed by atoms with E-state index in [1.165, 1.54) is 27.8 Å². The van der Waals surface area contributed by atoms with Gasteiger partial charge in [0.15, 0.2) is 0 Å². The largest absolute Gasteiger partial charge is 0.478 e. The first-order valence-electron chi connectivity index (χ1n) is 8.99. The predicted octanol–water partition coefficient (Wildman–Crippen LogP) is 4.01. The Morgan fingerprint density at radius 1 is 0.920 bits per heavy atom. The number of piperidine rings is 1. The normalized spacial score (nSPS) is 17.6. The van der Waals surface area contributed by atoms with Gasteiger partial charge >= 0.3 is 5.97 Å². The van der Waals surface area contributed by atoms with Gasteiger partial charge in [-0.05, 0) is 72.7 Å². The predicted molar refractivity (Wildman–Crippen MR) is 100 cm³/mol. The Kier molecular flexibility index (Phi) is 4.18. The number of aryl methyl sites for hydroxylation is 2. The highest BCUT2D eigenvalue weighted by Gasteiger charge is 2.24. The molecule has 0 amide bonds. The summed E-state index contributed by atoms with van der Waals surface area (Å²) in [7, 11) is 2.17. The number of nitrogens with zero attached hydrogens (tertiary/aromatic N) is 1. The topological polar surface area (TPSA) is 40.5 Å². The molecular formula is C22H23NO2. The summed E-state index contributed by atoms with van der Waals surface area (Å²) in [5.74, 6) is -0.854. The van der Waals surface area contributed by atoms with Crippen molar-refractivity contribution in [1.29, 1.82) is 0 Å². The maximum atomic E-state index is 11.5. The molecule has 1 fully saturated rings. The molecule has 1 aliphatic heterocycles. The molecule has 2 aliphatic rings. The third kappa shape index (κ3) is 3.00. The molecule has 128 valence electrons. The Labute approximate surface area is 148 Å². The Balaban J connectivity index is 1.95. The minimum atomic E-state index is -0.854. The molecule has 25 heavy (non-hydrogen) atoms. The van der Waals surface area contributed by atoms with E-state index in [1.807, 2.05) is 12.1 Å². The molecule has 3 heteroatoms. The molecule has 0 aromatic heterocycles. The second-order valence-corrected chi connectivity index (χ2v) is 7.12. The summed E-state index contributed by atoms with van der Waals surface area (Å²) in [6.07, 6.45) is 4.07. The van der Waals surface area contributed by atoms with Crippen molar-refractivity contribution in [3.05, 3.63) is 75.9 Å². The molecule has 2 aromatic rings. The molecule has 3 nitrogen and oxygen atoms in total. The van der Waals surface area contributed by atoms with Crippen molar-refractivity contribution in [2.45, 2.75) is 25.7 Å². The van der Waals surface area contributed by atoms with Gasteiger partial charge in [-0.2, -0.15) is 0 Å². The van der Waals surface area contributed by atoms with Crippen LogP contribution in [0.5, 0.6) is 0 Å². The highest BCUT2D eigenvalue weighted by atomic mass is 16.4. The zero-order chi connectivity index (χ0) is 17.4. The molecule has 0 bridgehead atoms. The van der Waals surface area contributed by atoms with E-state index in [2.05, 4.69) is 36.2 Å². The first kappa shape index (κ1) is 16.1. The molecule has 2 aromatic carbocycles. The maximum Gasteiger partial charge on any atom is 0.335 e. The summed E-state index contributed by atoms with van der Waals surface area (Å²) in [6, 6.07) is 14.3. The van der Waals surface area contributed by atoms with Crippen LogP contribution in [-0.4, -0.2) is 36.1 Å². The quantitative estimate of drug-likeness (QED) is 0.857. The van der Waals surface area contributed by atoms with Crippen LogP contribution < -0.4 is 0 Å². The number of rotatable bonds is 1. The Morgan fingerprint density at radius 2 is 1.60 bits per heavy atom. The van der Waals surface area contributed by atoms with Crippen molar-refractivity contribution < 1.29 is 9.90 Å². The fourth-order valence-electron chi connectivity index (χ4n) is 4.08. The Hall–Kier alpha value is -2.39. The van der Waals surface area contributed by atoms with Crippen LogP contribution in [0, 0.1) is 0 Å². The van der Waals surface area contributed by atoms with Gasteiger partial charge in [-0.3, -0.25) is 0 Å². The van der Waals surface area contributed by atoms with E-state index in [-0.39, 0.29) is 0 Å². The zero-order valence-corrected chi connectivity index (χ0v) is 14.6. The van der Waals surface area contributed by atoms with Gasteiger partial charge in [-0.1, -0.05) is 35.9 Å². The SMILES string of the molecule is CN1CCC(=C2c3ccccc3CCc3ccc(C(=O)O)cc32)CC1. The highest BCUT2D eigenvalue weighted by Crippen LogP contribution is 2.38. The number of likely N-dealkylation sites (tertiary alicyclic amines) is 1. The van der Waals surface area contributed by atoms with Crippen molar-refractivity contribution in [3.63, 3.8) is 0 Å². The van der Waals surface area contributed by atoms with E-state index in [0.717, 1.165) is 44.3 Å². The van der Waals surface area contributed by atoms with Crippen molar-refractivity contribution in [2.24, 2.45) is 0 Å². The minimum absolute atomic E-state index is 0.379. The molecule has 0 atom stereocenters. The van der Waals surface area contributed by atoms with E-state index in [1.54, 1.807) is 6.07 Å². The number of hydrogen-bond donors (Lipinski definition) is 1. The van der Waals surface area contributed by atoms with Crippen molar-refractivity contribution in [1.82, 2.24) is 4.90 Å². The summed E-state index contributed by atoms with van der Waals surface area (Å²) >= 11 is 0. The summed E-state index contributed by atoms with van der Waals surface area (Å²) in [5.41, 5.74) is 8.20. The lowest BCUT2D eigenvalue weighted by Gasteiger charge is -2.27. The van der Waals surface area contributed by atoms with Gasteiger partial charge in [-0.25, -0.2) is 4.79 Å². The number of carboxylic acid groups (broad SMARTS) is 1. The van der Waals surface area contributed by atoms with Gasteiger partial charge in [0.1, 0.15) is 0 Å². The number of hydrogen-bond acceptors (Lipinski definition) is 2. The number of carboxylic acids is 1. The highest BCUT2D eigenvalue weighted by molar-refractivity contribution is 5.92. The smallest absolute Gasteiger partial charge is 0.335 e. The molecule has 1 N–H and O–H groups in total. The summed E-state index contributed by atoms with van der Waals surface area (Å²) in [4.78, 5) is 13.9. The van der Waals surface area contributed by atoms with Crippen LogP contribution in [0.3, 0.4) is 0 Å². The lowest BCUT2D eigenvalue weighted by molar-refractivity contribution is 0.0697. The summed E-state index contributed by atoms with van der Waals surface area (Å²) in [5, 5.41) is 9.46. The number of carbonyl (C=O) groups is 1. The number of fused-ring (bicyclic) bond motifs is 2. The first-order chi connectivity index (χ1) is 12.1. The molecule has 0 spiro atoms. The molecular weight excluding hydrogens is 310 g/mol. The van der Waals surface area contributed by atoms with Crippen LogP contribution >= 0.6 is 0 Å². The van der Waals surface area contributed by atoms with Gasteiger partial charge in [0, 0.05) is 13.1 Å². The number of aromatic carboxylic acids is 1. The molecule has 1 saturated heterocycles. The van der Waals surface area contributed by atoms with E-state index < -0.39 is 5.97 Å². The van der Waals surface area contributed by atoms with E-state index in [9.17, 15) is 9.90 Å². The average molecular weight is 333 g/mol. The van der Waals surface area contributed by atoms with Crippen LogP contribution in [0.2, 0.25) is 0 Å². The maximum absolute atomic E-state index is 11.5. The van der Waals surface area contributed by atoms with E-state index in [4.69, 9.17) is 0 Å². The average Bonchev–Trinajstić information content (AvgIpc) is 2.79. The zero-order valence-electron chi connectivity index (χ0n) is 14.6. The summed E-state index contributed by atoms with van der Waals surface area (Å²) < 4.78 is 0. The molecule has 4 rings (SSSR count). The van der Waals surface area contributed by atoms with Gasteiger partial charge in [0.05, 0.1) is 5.56 Å². The molecule has 1 heterocycles. The van der Waals surface area contributed by atoms with Crippen molar-refractivity contribution >= 4 is 11.5 Å². The van der Waals surface area contributed by atoms with Crippen LogP contribution in [-0.2, 0) is 12.8 Å². The third-order valence-electron chi connectivity index (χ3n) is 5.52. The van der Waals surface area contributed by atoms with Crippen molar-refractivity contribution in [3.8, 4) is 0 Å². The summed E-state index contributed by atoms with van der Waals surface area (Å²) in [6.45, 7) is 2.13. The van der Waals surface area contributed by atoms with Gasteiger partial charge in [0.25, 0.3) is 0 Å². The molecule has 0 unspecified atom stereocenters. The van der Waals surface area contributed by atoms with Gasteiger partial charge in [-0.15, -0.1) is 0 Å². The molecule has 0 radical (unpaired) electrons. The lowest BCUT2D eigenvalue weighted by Crippen LogP contribution is -2.27. The fourth-order valence-corrected chi connectivity index (χ4v) is 4.08. The van der Waals surface area contributed by atoms with E-state index >= 15 is 0 Å². The van der Waals surface area contributed by atoms with Gasteiger partial charge < -0.3 is 10.0 Å². The van der Waals surface area contributed by atoms with Crippen LogP contribution in [0.25, 0.3) is 5.57 Å². The van der Waals surface area contributed by atoms with Crippen LogP contribution in [0.15, 0.2) is 48.0 Å². The first-order valence-corrected chi connectivity index (χ1v) is 8.99. The molecule has 0 saturated carbocycles. The Bertz CT molecular complexity index is 856. The van der Waals surface area contributed by atoms with E-state index in [0.29, 0.717) is 5.56 Å². The second kappa shape index (κ2) is 6.49. The number of benzene rings is 2. The van der Waals surface area contributed by atoms with Crippen LogP contribution in [0.1, 0.15) is 45.5 Å². The van der Waals surface area contributed by atoms with Crippen LogP contribution in [0.4, 0.5) is 0 Å². The second-order valence-electron chi connectivity index (χ2n) is 7.12. The molecule has 1 aliphatic carbocycles. The fraction of sp³-hybridized carbons (Fsp3) is 0.318. The lowest BCUT2D eigenvalue weighted by atomic mass is 9.85.